The quantitative estimate of drug-likeness (QED) is 0.218. The fraction of sp³-hybridized carbons (Fsp3) is 0.143. The summed E-state index contributed by atoms with van der Waals surface area (Å²) >= 11 is 11.0. The number of benzene rings is 2. The molecule has 168 valence electrons. The van der Waals surface area contributed by atoms with E-state index < -0.39 is 5.91 Å². The number of rotatable bonds is 6. The minimum absolute atomic E-state index is 0.0193. The summed E-state index contributed by atoms with van der Waals surface area (Å²) in [5.74, 6) is -0.0229. The lowest BCUT2D eigenvalue weighted by Gasteiger charge is -2.11. The van der Waals surface area contributed by atoms with Crippen molar-refractivity contribution in [2.75, 3.05) is 5.32 Å². The Morgan fingerprint density at radius 3 is 2.61 bits per heavy atom. The highest BCUT2D eigenvalue weighted by molar-refractivity contribution is 7.80. The molecule has 0 aliphatic carbocycles. The van der Waals surface area contributed by atoms with E-state index in [1.54, 1.807) is 30.5 Å². The van der Waals surface area contributed by atoms with Crippen molar-refractivity contribution in [1.29, 1.82) is 0 Å². The summed E-state index contributed by atoms with van der Waals surface area (Å²) in [5, 5.41) is 16.8. The third-order valence-electron chi connectivity index (χ3n) is 4.68. The van der Waals surface area contributed by atoms with Crippen molar-refractivity contribution in [3.63, 3.8) is 0 Å². The van der Waals surface area contributed by atoms with Gasteiger partial charge in [0.25, 0.3) is 5.91 Å². The van der Waals surface area contributed by atoms with Crippen LogP contribution in [0.25, 0.3) is 10.9 Å². The van der Waals surface area contributed by atoms with Crippen molar-refractivity contribution in [3.8, 4) is 0 Å². The van der Waals surface area contributed by atoms with Crippen LogP contribution in [-0.2, 0) is 17.9 Å². The van der Waals surface area contributed by atoms with Gasteiger partial charge in [-0.25, -0.2) is 0 Å². The summed E-state index contributed by atoms with van der Waals surface area (Å²) < 4.78 is 1.88. The van der Waals surface area contributed by atoms with Crippen molar-refractivity contribution < 1.29 is 9.59 Å². The Bertz CT molecular complexity index is 1330. The van der Waals surface area contributed by atoms with Crippen molar-refractivity contribution in [3.05, 3.63) is 71.1 Å². The maximum absolute atomic E-state index is 12.2. The summed E-state index contributed by atoms with van der Waals surface area (Å²) in [5.41, 5.74) is 7.32. The van der Waals surface area contributed by atoms with Crippen LogP contribution in [0.15, 0.2) is 54.7 Å². The van der Waals surface area contributed by atoms with Crippen molar-refractivity contribution in [1.82, 2.24) is 35.6 Å². The number of halogens is 1. The number of Topliss-reactive ketones (excluding diaryl/α,β-unsaturated/α-hetero) is 1. The van der Waals surface area contributed by atoms with Crippen LogP contribution < -0.4 is 16.2 Å². The normalized spacial score (nSPS) is 10.7. The molecule has 3 N–H and O–H groups in total. The Kier molecular flexibility index (Phi) is 6.61. The first kappa shape index (κ1) is 22.4. The zero-order valence-corrected chi connectivity index (χ0v) is 19.0. The number of hydrazine groups is 1. The van der Waals surface area contributed by atoms with Gasteiger partial charge >= 0.3 is 0 Å². The molecule has 2 aromatic carbocycles. The Balaban J connectivity index is 1.33. The average Bonchev–Trinajstić information content (AvgIpc) is 3.39. The summed E-state index contributed by atoms with van der Waals surface area (Å²) in [7, 11) is 0. The molecule has 10 nitrogen and oxygen atoms in total. The molecule has 0 aliphatic rings. The van der Waals surface area contributed by atoms with E-state index in [0.29, 0.717) is 23.0 Å². The highest BCUT2D eigenvalue weighted by Gasteiger charge is 2.14. The molecule has 0 bridgehead atoms. The fourth-order valence-electron chi connectivity index (χ4n) is 3.21. The molecule has 0 atom stereocenters. The maximum atomic E-state index is 12.2. The average molecular weight is 483 g/mol. The van der Waals surface area contributed by atoms with Gasteiger partial charge in [0.2, 0.25) is 0 Å². The number of aromatic nitrogens is 5. The second-order valence-corrected chi connectivity index (χ2v) is 7.96. The van der Waals surface area contributed by atoms with Crippen LogP contribution in [0.2, 0.25) is 5.02 Å². The van der Waals surface area contributed by atoms with E-state index in [4.69, 9.17) is 23.8 Å². The van der Waals surface area contributed by atoms with E-state index >= 15 is 0 Å². The second-order valence-electron chi connectivity index (χ2n) is 7.11. The molecule has 4 aromatic rings. The monoisotopic (exact) mass is 482 g/mol. The Morgan fingerprint density at radius 1 is 1.09 bits per heavy atom. The topological polar surface area (TPSA) is 119 Å². The molecular weight excluding hydrogens is 464 g/mol. The van der Waals surface area contributed by atoms with Gasteiger partial charge in [0.05, 0.1) is 6.54 Å². The predicted molar refractivity (Wildman–Crippen MR) is 128 cm³/mol. The molecule has 12 heteroatoms. The van der Waals surface area contributed by atoms with E-state index in [1.807, 2.05) is 28.8 Å². The largest absolute Gasteiger partial charge is 0.339 e. The van der Waals surface area contributed by atoms with Crippen LogP contribution >= 0.6 is 23.8 Å². The fourth-order valence-corrected chi connectivity index (χ4v) is 3.50. The van der Waals surface area contributed by atoms with Gasteiger partial charge in [0.1, 0.15) is 6.54 Å². The second kappa shape index (κ2) is 9.76. The highest BCUT2D eigenvalue weighted by atomic mass is 35.5. The molecule has 0 saturated carbocycles. The summed E-state index contributed by atoms with van der Waals surface area (Å²) in [6.45, 7) is 1.68. The SMILES string of the molecule is CC(=O)c1cn(Cc2nnn(CC(=O)NNC(=S)Nc3ccc(Cl)cc3)n2)c2ccccc12. The van der Waals surface area contributed by atoms with Crippen LogP contribution in [-0.4, -0.2) is 41.6 Å². The molecule has 4 rings (SSSR count). The molecule has 0 unspecified atom stereocenters. The number of nitrogens with zero attached hydrogens (tertiary/aromatic N) is 5. The van der Waals surface area contributed by atoms with Crippen LogP contribution in [0.4, 0.5) is 5.69 Å². The molecule has 2 aromatic heterocycles. The third-order valence-corrected chi connectivity index (χ3v) is 5.13. The Morgan fingerprint density at radius 2 is 1.85 bits per heavy atom. The van der Waals surface area contributed by atoms with Gasteiger partial charge in [-0.3, -0.25) is 20.4 Å². The highest BCUT2D eigenvalue weighted by Crippen LogP contribution is 2.22. The maximum Gasteiger partial charge on any atom is 0.262 e. The van der Waals surface area contributed by atoms with E-state index in [9.17, 15) is 9.59 Å². The van der Waals surface area contributed by atoms with Gasteiger partial charge in [0.15, 0.2) is 16.7 Å². The zero-order valence-electron chi connectivity index (χ0n) is 17.4. The number of thiocarbonyl (C=S) groups is 1. The number of nitrogens with one attached hydrogen (secondary N) is 3. The van der Waals surface area contributed by atoms with Gasteiger partial charge in [-0.2, -0.15) is 4.80 Å². The lowest BCUT2D eigenvalue weighted by molar-refractivity contribution is -0.122. The molecule has 0 aliphatic heterocycles. The van der Waals surface area contributed by atoms with Crippen LogP contribution in [0.5, 0.6) is 0 Å². The molecule has 2 heterocycles. The smallest absolute Gasteiger partial charge is 0.262 e. The van der Waals surface area contributed by atoms with E-state index in [1.165, 1.54) is 11.7 Å². The van der Waals surface area contributed by atoms with Gasteiger partial charge < -0.3 is 9.88 Å². The number of carbonyl (C=O) groups excluding carboxylic acids is 2. The predicted octanol–water partition coefficient (Wildman–Crippen LogP) is 2.55. The van der Waals surface area contributed by atoms with Gasteiger partial charge in [0, 0.05) is 33.4 Å². The minimum Gasteiger partial charge on any atom is -0.339 e. The number of amides is 1. The molecule has 0 saturated heterocycles. The van der Waals surface area contributed by atoms with E-state index in [0.717, 1.165) is 16.6 Å². The minimum atomic E-state index is -0.413. The first-order chi connectivity index (χ1) is 15.9. The summed E-state index contributed by atoms with van der Waals surface area (Å²) in [6.07, 6.45) is 1.78. The van der Waals surface area contributed by atoms with Crippen molar-refractivity contribution >= 4 is 57.2 Å². The lowest BCUT2D eigenvalue weighted by Crippen LogP contribution is -2.45. The first-order valence-corrected chi connectivity index (χ1v) is 10.6. The number of tetrazole rings is 1. The zero-order chi connectivity index (χ0) is 23.4. The van der Waals surface area contributed by atoms with Crippen LogP contribution in [0.1, 0.15) is 23.1 Å². The number of para-hydroxylation sites is 1. The lowest BCUT2D eigenvalue weighted by atomic mass is 10.1. The first-order valence-electron chi connectivity index (χ1n) is 9.86. The molecule has 0 spiro atoms. The van der Waals surface area contributed by atoms with Gasteiger partial charge in [-0.05, 0) is 54.7 Å². The standard InChI is InChI=1S/C21H19ClN8O2S/c1-13(31)17-10-29(18-5-3-2-4-16(17)18)11-19-24-28-30(27-19)12-20(32)25-26-21(33)23-15-8-6-14(22)7-9-15/h2-10H,11-12H2,1H3,(H,25,32)(H2,23,26,33). The summed E-state index contributed by atoms with van der Waals surface area (Å²) in [4.78, 5) is 25.3. The van der Waals surface area contributed by atoms with Gasteiger partial charge in [-0.15, -0.1) is 10.2 Å². The molecule has 33 heavy (non-hydrogen) atoms. The number of carbonyl (C=O) groups is 2. The number of hydrogen-bond acceptors (Lipinski definition) is 6. The number of ketones is 1. The molecule has 1 amide bonds. The van der Waals surface area contributed by atoms with E-state index in [-0.39, 0.29) is 17.4 Å². The van der Waals surface area contributed by atoms with Crippen molar-refractivity contribution in [2.24, 2.45) is 0 Å². The Labute approximate surface area is 198 Å². The molecular formula is C21H19ClN8O2S. The number of hydrogen-bond donors (Lipinski definition) is 3. The third kappa shape index (κ3) is 5.51. The molecule has 0 fully saturated rings. The number of fused-ring (bicyclic) bond motifs is 1. The van der Waals surface area contributed by atoms with Crippen LogP contribution in [0.3, 0.4) is 0 Å². The van der Waals surface area contributed by atoms with Crippen LogP contribution in [0, 0.1) is 0 Å². The Hall–Kier alpha value is -3.83. The summed E-state index contributed by atoms with van der Waals surface area (Å²) in [6, 6.07) is 14.6. The number of anilines is 1. The van der Waals surface area contributed by atoms with E-state index in [2.05, 4.69) is 31.6 Å². The molecule has 0 radical (unpaired) electrons. The van der Waals surface area contributed by atoms with Crippen molar-refractivity contribution in [2.45, 2.75) is 20.0 Å². The van der Waals surface area contributed by atoms with Gasteiger partial charge in [-0.1, -0.05) is 29.8 Å².